The molecule has 0 aliphatic carbocycles. The molecule has 2 aromatic carbocycles. The fraction of sp³-hybridized carbons (Fsp3) is 0.190. The molecule has 0 amide bonds. The van der Waals surface area contributed by atoms with Crippen LogP contribution in [0.2, 0.25) is 0 Å². The van der Waals surface area contributed by atoms with Gasteiger partial charge >= 0.3 is 17.9 Å². The predicted molar refractivity (Wildman–Crippen MR) is 119 cm³/mol. The summed E-state index contributed by atoms with van der Waals surface area (Å²) in [5, 5.41) is 39.3. The van der Waals surface area contributed by atoms with E-state index in [-0.39, 0.29) is 18.8 Å². The fourth-order valence-corrected chi connectivity index (χ4v) is 1.16. The zero-order valence-electron chi connectivity index (χ0n) is 17.7. The van der Waals surface area contributed by atoms with Gasteiger partial charge in [-0.3, -0.25) is 14.4 Å². The smallest absolute Gasteiger partial charge is 0.335 e. The Hall–Kier alpha value is -3.92. The van der Waals surface area contributed by atoms with Crippen LogP contribution in [0.15, 0.2) is 60.7 Å². The van der Waals surface area contributed by atoms with Crippen LogP contribution in [0.3, 0.4) is 0 Å². The average Bonchev–Trinajstić information content (AvgIpc) is 2.69. The van der Waals surface area contributed by atoms with Crippen LogP contribution < -0.4 is 0 Å². The first-order valence-corrected chi connectivity index (χ1v) is 8.52. The Morgan fingerprint density at radius 3 is 0.875 bits per heavy atom. The highest BCUT2D eigenvalue weighted by molar-refractivity contribution is 5.87. The topological polar surface area (TPSA) is 186 Å². The van der Waals surface area contributed by atoms with E-state index in [1.807, 2.05) is 0 Å². The summed E-state index contributed by atoms with van der Waals surface area (Å²) < 4.78 is 0. The van der Waals surface area contributed by atoms with Gasteiger partial charge in [-0.05, 0) is 24.3 Å². The summed E-state index contributed by atoms with van der Waals surface area (Å²) >= 11 is 0. The fourth-order valence-electron chi connectivity index (χ4n) is 1.16. The van der Waals surface area contributed by atoms with Crippen LogP contribution in [0.25, 0.3) is 0 Å². The lowest BCUT2D eigenvalue weighted by Crippen LogP contribution is -1.93. The van der Waals surface area contributed by atoms with Crippen LogP contribution in [-0.4, -0.2) is 55.4 Å². The molecule has 0 fully saturated rings. The van der Waals surface area contributed by atoms with Crippen molar-refractivity contribution >= 4 is 42.3 Å². The molecule has 11 heteroatoms. The van der Waals surface area contributed by atoms with E-state index in [1.54, 1.807) is 67.6 Å². The largest absolute Gasteiger partial charge is 0.481 e. The third kappa shape index (κ3) is 33.6. The molecule has 0 aliphatic rings. The van der Waals surface area contributed by atoms with E-state index in [0.29, 0.717) is 11.1 Å². The molecule has 2 aromatic rings. The minimum absolute atomic E-state index is 0. The molecular weight excluding hydrogens is 448 g/mol. The number of carboxylic acids is 5. The van der Waals surface area contributed by atoms with Gasteiger partial charge in [-0.25, -0.2) is 9.59 Å². The highest BCUT2D eigenvalue weighted by Crippen LogP contribution is 1.96. The second-order valence-corrected chi connectivity index (χ2v) is 5.13. The van der Waals surface area contributed by atoms with E-state index in [2.05, 4.69) is 0 Å². The third-order valence-corrected chi connectivity index (χ3v) is 2.34. The first-order valence-electron chi connectivity index (χ1n) is 8.52. The zero-order valence-corrected chi connectivity index (χ0v) is 18.5. The van der Waals surface area contributed by atoms with Crippen molar-refractivity contribution in [2.45, 2.75) is 27.2 Å². The van der Waals surface area contributed by atoms with Gasteiger partial charge in [-0.1, -0.05) is 43.3 Å². The van der Waals surface area contributed by atoms with E-state index in [9.17, 15) is 14.4 Å². The zero-order chi connectivity index (χ0) is 24.8. The maximum Gasteiger partial charge on any atom is 0.335 e. The molecule has 0 unspecified atom stereocenters. The van der Waals surface area contributed by atoms with Crippen molar-refractivity contribution in [2.75, 3.05) is 0 Å². The van der Waals surface area contributed by atoms with E-state index >= 15 is 0 Å². The highest BCUT2D eigenvalue weighted by Gasteiger charge is 1.97. The van der Waals surface area contributed by atoms with Crippen molar-refractivity contribution in [1.29, 1.82) is 0 Å². The van der Waals surface area contributed by atoms with E-state index in [4.69, 9.17) is 35.1 Å². The van der Waals surface area contributed by atoms with Crippen molar-refractivity contribution in [1.82, 2.24) is 0 Å². The van der Waals surface area contributed by atoms with E-state index in [1.165, 1.54) is 0 Å². The third-order valence-electron chi connectivity index (χ3n) is 2.34. The predicted octanol–water partition coefficient (Wildman–Crippen LogP) is 3.85. The number of carboxylic acid groups (broad SMARTS) is 5. The Labute approximate surface area is 191 Å². The van der Waals surface area contributed by atoms with Crippen LogP contribution >= 0.6 is 12.4 Å². The molecule has 178 valence electrons. The van der Waals surface area contributed by atoms with Gasteiger partial charge in [0.05, 0.1) is 11.1 Å². The Balaban J connectivity index is -0.000000160. The second-order valence-electron chi connectivity index (χ2n) is 5.13. The Kier molecular flexibility index (Phi) is 25.9. The van der Waals surface area contributed by atoms with Crippen LogP contribution in [0.1, 0.15) is 47.9 Å². The molecule has 0 saturated carbocycles. The van der Waals surface area contributed by atoms with Crippen molar-refractivity contribution < 1.29 is 49.5 Å². The normalized spacial score (nSPS) is 7.72. The number of aliphatic carboxylic acids is 3. The number of carbonyl (C=O) groups is 5. The number of benzene rings is 2. The quantitative estimate of drug-likeness (QED) is 0.437. The highest BCUT2D eigenvalue weighted by atomic mass is 35.5. The molecular formula is C21H27ClO10. The van der Waals surface area contributed by atoms with Crippen molar-refractivity contribution in [3.63, 3.8) is 0 Å². The van der Waals surface area contributed by atoms with E-state index < -0.39 is 29.8 Å². The molecule has 0 saturated heterocycles. The summed E-state index contributed by atoms with van der Waals surface area (Å²) in [5.74, 6) is -4.17. The molecule has 0 aromatic heterocycles. The van der Waals surface area contributed by atoms with Gasteiger partial charge in [0.1, 0.15) is 0 Å². The van der Waals surface area contributed by atoms with Crippen LogP contribution in [0.4, 0.5) is 0 Å². The van der Waals surface area contributed by atoms with Gasteiger partial charge in [-0.2, -0.15) is 0 Å². The summed E-state index contributed by atoms with van der Waals surface area (Å²) in [4.78, 5) is 47.8. The Morgan fingerprint density at radius 1 is 0.594 bits per heavy atom. The van der Waals surface area contributed by atoms with Gasteiger partial charge in [0.2, 0.25) is 0 Å². The molecule has 5 N–H and O–H groups in total. The lowest BCUT2D eigenvalue weighted by Gasteiger charge is -1.88. The second kappa shape index (κ2) is 23.4. The monoisotopic (exact) mass is 474 g/mol. The number of rotatable bonds is 3. The first-order chi connectivity index (χ1) is 14.3. The molecule has 0 spiro atoms. The lowest BCUT2D eigenvalue weighted by atomic mass is 10.2. The molecule has 32 heavy (non-hydrogen) atoms. The summed E-state index contributed by atoms with van der Waals surface area (Å²) in [6.45, 7) is 3.77. The molecule has 10 nitrogen and oxygen atoms in total. The molecule has 0 bridgehead atoms. The standard InChI is InChI=1S/2C7H6O2.C3H6O2.2C2H4O2.ClH/c2*8-7(9)6-4-2-1-3-5-6;1-2-3(4)5;2*1-2(3)4;/h2*1-5H,(H,8,9);2H2,1H3,(H,4,5);2*1H3,(H,3,4);1H. The molecule has 0 atom stereocenters. The Bertz CT molecular complexity index is 723. The maximum absolute atomic E-state index is 10.2. The first kappa shape index (κ1) is 35.5. The SMILES string of the molecule is CC(=O)O.CC(=O)O.CCC(=O)O.Cl.O=C(O)c1ccccc1.O=C(O)c1ccccc1. The lowest BCUT2D eigenvalue weighted by molar-refractivity contribution is -0.137. The average molecular weight is 475 g/mol. The Morgan fingerprint density at radius 2 is 0.781 bits per heavy atom. The maximum atomic E-state index is 10.2. The van der Waals surface area contributed by atoms with Gasteiger partial charge in [0.15, 0.2) is 0 Å². The molecule has 0 aliphatic heterocycles. The van der Waals surface area contributed by atoms with Crippen LogP contribution in [-0.2, 0) is 14.4 Å². The minimum Gasteiger partial charge on any atom is -0.481 e. The summed E-state index contributed by atoms with van der Waals surface area (Å²) in [6, 6.07) is 16.6. The van der Waals surface area contributed by atoms with Gasteiger partial charge in [0.25, 0.3) is 11.9 Å². The summed E-state index contributed by atoms with van der Waals surface area (Å²) in [7, 11) is 0. The van der Waals surface area contributed by atoms with Gasteiger partial charge in [-0.15, -0.1) is 12.4 Å². The van der Waals surface area contributed by atoms with Crippen LogP contribution in [0, 0.1) is 0 Å². The van der Waals surface area contributed by atoms with Gasteiger partial charge in [0, 0.05) is 20.3 Å². The summed E-state index contributed by atoms with van der Waals surface area (Å²) in [6.07, 6.45) is 0.222. The number of halogens is 1. The molecule has 0 heterocycles. The van der Waals surface area contributed by atoms with Crippen molar-refractivity contribution in [3.05, 3.63) is 71.8 Å². The van der Waals surface area contributed by atoms with Crippen molar-refractivity contribution in [3.8, 4) is 0 Å². The summed E-state index contributed by atoms with van der Waals surface area (Å²) in [5.41, 5.74) is 0.662. The number of hydrogen-bond acceptors (Lipinski definition) is 5. The number of hydrogen-bond donors (Lipinski definition) is 5. The number of aromatic carboxylic acids is 2. The van der Waals surface area contributed by atoms with Crippen molar-refractivity contribution in [2.24, 2.45) is 0 Å². The van der Waals surface area contributed by atoms with Gasteiger partial charge < -0.3 is 25.5 Å². The van der Waals surface area contributed by atoms with E-state index in [0.717, 1.165) is 13.8 Å². The minimum atomic E-state index is -0.879. The molecule has 2 rings (SSSR count). The molecule has 0 radical (unpaired) electrons. The van der Waals surface area contributed by atoms with Crippen LogP contribution in [0.5, 0.6) is 0 Å².